The number of nitrogens with one attached hydrogen (secondary N) is 1. The monoisotopic (exact) mass is 287 g/mol. The number of carbonyl (C=O) groups excluding carboxylic acids is 2. The molecule has 0 spiro atoms. The Morgan fingerprint density at radius 2 is 1.72 bits per heavy atom. The van der Waals surface area contributed by atoms with E-state index in [4.69, 9.17) is 4.55 Å². The number of Topliss-reactive ketones (excluding diaryl/α,β-unsaturated/α-hetero) is 1. The summed E-state index contributed by atoms with van der Waals surface area (Å²) in [4.78, 5) is 21.7. The first kappa shape index (κ1) is 19.5. The van der Waals surface area contributed by atoms with Gasteiger partial charge in [0.25, 0.3) is 21.8 Å². The summed E-state index contributed by atoms with van der Waals surface area (Å²) >= 11 is 0. The van der Waals surface area contributed by atoms with Crippen molar-refractivity contribution < 1.29 is 64.5 Å². The van der Waals surface area contributed by atoms with E-state index in [9.17, 15) is 18.0 Å². The smallest absolute Gasteiger partial charge is 1.00 e. The van der Waals surface area contributed by atoms with E-state index in [0.29, 0.717) is 0 Å². The van der Waals surface area contributed by atoms with E-state index < -0.39 is 26.7 Å². The molecular formula is C8H10NNaO7S. The third-order valence-corrected chi connectivity index (χ3v) is 2.84. The number of hydrogen-bond donors (Lipinski definition) is 2. The molecule has 1 aromatic carbocycles. The first-order chi connectivity index (χ1) is 6.89. The predicted molar refractivity (Wildman–Crippen MR) is 57.6 cm³/mol. The Morgan fingerprint density at radius 3 is 2.22 bits per heavy atom. The van der Waals surface area contributed by atoms with Crippen LogP contribution in [0.2, 0.25) is 0 Å². The van der Waals surface area contributed by atoms with Crippen LogP contribution < -0.4 is 34.9 Å². The number of carbonyl (C=O) groups is 2. The van der Waals surface area contributed by atoms with Gasteiger partial charge in [-0.1, -0.05) is 0 Å². The molecule has 8 nitrogen and oxygen atoms in total. The van der Waals surface area contributed by atoms with Crippen molar-refractivity contribution >= 4 is 27.5 Å². The second-order valence-corrected chi connectivity index (χ2v) is 4.39. The Labute approximate surface area is 126 Å². The van der Waals surface area contributed by atoms with Crippen LogP contribution in [-0.4, -0.2) is 35.6 Å². The fourth-order valence-electron chi connectivity index (χ4n) is 1.28. The van der Waals surface area contributed by atoms with Gasteiger partial charge in [0.05, 0.1) is 16.1 Å². The maximum absolute atomic E-state index is 11.2. The standard InChI is InChI=1S/C8H5NO5S.Na.2H2O.H/c10-7-5-3-4(15(12,13)14)1-2-6(5)9-8(7)11;;;;/h1-3H,(H,9,10,11)(H,12,13,14);;2*1H2;/q;+1;;;-1. The zero-order chi connectivity index (χ0) is 11.2. The van der Waals surface area contributed by atoms with E-state index in [1.165, 1.54) is 6.07 Å². The first-order valence-electron chi connectivity index (χ1n) is 3.87. The summed E-state index contributed by atoms with van der Waals surface area (Å²) in [6.07, 6.45) is 0. The number of ketones is 1. The summed E-state index contributed by atoms with van der Waals surface area (Å²) in [7, 11) is -4.36. The molecule has 10 heteroatoms. The van der Waals surface area contributed by atoms with Crippen LogP contribution in [0.15, 0.2) is 23.1 Å². The van der Waals surface area contributed by atoms with Crippen molar-refractivity contribution in [2.75, 3.05) is 5.32 Å². The molecule has 6 N–H and O–H groups in total. The van der Waals surface area contributed by atoms with Crippen LogP contribution in [0.5, 0.6) is 0 Å². The van der Waals surface area contributed by atoms with Gasteiger partial charge in [0, 0.05) is 0 Å². The van der Waals surface area contributed by atoms with Gasteiger partial charge in [0.1, 0.15) is 0 Å². The normalized spacial score (nSPS) is 12.5. The largest absolute Gasteiger partial charge is 1.00 e. The van der Waals surface area contributed by atoms with Gasteiger partial charge in [0.15, 0.2) is 0 Å². The summed E-state index contributed by atoms with van der Waals surface area (Å²) in [5.41, 5.74) is 0.201. The molecule has 0 unspecified atom stereocenters. The van der Waals surface area contributed by atoms with Crippen molar-refractivity contribution in [3.05, 3.63) is 23.8 Å². The average Bonchev–Trinajstić information content (AvgIpc) is 2.41. The number of amides is 1. The molecule has 96 valence electrons. The summed E-state index contributed by atoms with van der Waals surface area (Å²) in [6.45, 7) is 0. The van der Waals surface area contributed by atoms with Crippen molar-refractivity contribution in [2.24, 2.45) is 0 Å². The van der Waals surface area contributed by atoms with Crippen LogP contribution in [0.1, 0.15) is 11.8 Å². The first-order valence-corrected chi connectivity index (χ1v) is 5.31. The van der Waals surface area contributed by atoms with Gasteiger partial charge in [-0.15, -0.1) is 0 Å². The summed E-state index contributed by atoms with van der Waals surface area (Å²) in [5.74, 6) is -1.62. The number of benzene rings is 1. The Bertz CT molecular complexity index is 589. The number of rotatable bonds is 1. The van der Waals surface area contributed by atoms with E-state index in [-0.39, 0.29) is 53.2 Å². The van der Waals surface area contributed by atoms with Gasteiger partial charge in [-0.2, -0.15) is 8.42 Å². The predicted octanol–water partition coefficient (Wildman–Crippen LogP) is -4.46. The molecule has 0 atom stereocenters. The van der Waals surface area contributed by atoms with Gasteiger partial charge >= 0.3 is 29.6 Å². The molecule has 2 rings (SSSR count). The summed E-state index contributed by atoms with van der Waals surface area (Å²) < 4.78 is 30.2. The number of hydrogen-bond acceptors (Lipinski definition) is 4. The van der Waals surface area contributed by atoms with Crippen molar-refractivity contribution in [1.82, 2.24) is 0 Å². The van der Waals surface area contributed by atoms with Crippen LogP contribution in [-0.2, 0) is 14.9 Å². The van der Waals surface area contributed by atoms with Gasteiger partial charge < -0.3 is 17.7 Å². The second-order valence-electron chi connectivity index (χ2n) is 2.97. The van der Waals surface area contributed by atoms with Crippen LogP contribution in [0.4, 0.5) is 5.69 Å². The molecular weight excluding hydrogens is 277 g/mol. The Balaban J connectivity index is -0.000000640. The zero-order valence-corrected chi connectivity index (χ0v) is 12.0. The summed E-state index contributed by atoms with van der Waals surface area (Å²) in [5, 5.41) is 2.26. The van der Waals surface area contributed by atoms with E-state index in [2.05, 4.69) is 5.32 Å². The van der Waals surface area contributed by atoms with Crippen molar-refractivity contribution in [1.29, 1.82) is 0 Å². The third kappa shape index (κ3) is 3.36. The van der Waals surface area contributed by atoms with Crippen molar-refractivity contribution in [3.63, 3.8) is 0 Å². The Kier molecular flexibility index (Phi) is 6.93. The maximum atomic E-state index is 11.2. The number of anilines is 1. The van der Waals surface area contributed by atoms with Crippen molar-refractivity contribution in [3.8, 4) is 0 Å². The van der Waals surface area contributed by atoms with E-state index in [0.717, 1.165) is 12.1 Å². The molecule has 1 amide bonds. The molecule has 0 aliphatic carbocycles. The Morgan fingerprint density at radius 1 is 1.17 bits per heavy atom. The maximum Gasteiger partial charge on any atom is 1.00 e. The van der Waals surface area contributed by atoms with E-state index in [1.807, 2.05) is 0 Å². The second kappa shape index (κ2) is 6.38. The molecule has 0 saturated carbocycles. The molecule has 1 aromatic rings. The third-order valence-electron chi connectivity index (χ3n) is 1.99. The Hall–Kier alpha value is -0.810. The summed E-state index contributed by atoms with van der Waals surface area (Å²) in [6, 6.07) is 3.32. The van der Waals surface area contributed by atoms with Gasteiger partial charge in [0.2, 0.25) is 0 Å². The van der Waals surface area contributed by atoms with Crippen molar-refractivity contribution in [2.45, 2.75) is 4.90 Å². The topological polar surface area (TPSA) is 164 Å². The van der Waals surface area contributed by atoms with E-state index >= 15 is 0 Å². The quantitative estimate of drug-likeness (QED) is 0.301. The molecule has 0 aromatic heterocycles. The van der Waals surface area contributed by atoms with Gasteiger partial charge in [-0.3, -0.25) is 14.1 Å². The SMILES string of the molecule is O.O.O=C1Nc2ccc(S(=O)(=O)O)cc2C1=O.[H-].[Na+]. The van der Waals surface area contributed by atoms with Crippen LogP contribution >= 0.6 is 0 Å². The average molecular weight is 287 g/mol. The molecule has 1 aliphatic rings. The molecule has 0 bridgehead atoms. The van der Waals surface area contributed by atoms with Gasteiger partial charge in [-0.25, -0.2) is 0 Å². The minimum Gasteiger partial charge on any atom is -1.00 e. The minimum atomic E-state index is -4.36. The van der Waals surface area contributed by atoms with Gasteiger partial charge in [-0.05, 0) is 18.2 Å². The zero-order valence-electron chi connectivity index (χ0n) is 10.2. The van der Waals surface area contributed by atoms with Crippen LogP contribution in [0.3, 0.4) is 0 Å². The number of fused-ring (bicyclic) bond motifs is 1. The molecule has 1 heterocycles. The van der Waals surface area contributed by atoms with Crippen LogP contribution in [0.25, 0.3) is 0 Å². The molecule has 0 saturated heterocycles. The minimum absolute atomic E-state index is 0. The molecule has 1 aliphatic heterocycles. The fourth-order valence-corrected chi connectivity index (χ4v) is 1.79. The van der Waals surface area contributed by atoms with Crippen LogP contribution in [0, 0.1) is 0 Å². The molecule has 0 radical (unpaired) electrons. The molecule has 0 fully saturated rings. The molecule has 18 heavy (non-hydrogen) atoms. The van der Waals surface area contributed by atoms with E-state index in [1.54, 1.807) is 0 Å². The fraction of sp³-hybridized carbons (Fsp3) is 0.